The molecule has 1 aromatic heterocycles. The SMILES string of the molecule is O=C(c1ccn(C2CCCNC2)n1)N1CCC(Oc2ccc([N+](=O)[O-])cc2)CC1. The van der Waals surface area contributed by atoms with E-state index in [1.165, 1.54) is 12.1 Å². The number of piperidine rings is 2. The van der Waals surface area contributed by atoms with Crippen LogP contribution < -0.4 is 10.1 Å². The number of benzene rings is 1. The van der Waals surface area contributed by atoms with Gasteiger partial charge in [0.2, 0.25) is 0 Å². The highest BCUT2D eigenvalue weighted by Gasteiger charge is 2.27. The van der Waals surface area contributed by atoms with E-state index in [1.54, 1.807) is 18.2 Å². The van der Waals surface area contributed by atoms with Gasteiger partial charge in [0, 0.05) is 50.8 Å². The summed E-state index contributed by atoms with van der Waals surface area (Å²) < 4.78 is 7.83. The summed E-state index contributed by atoms with van der Waals surface area (Å²) in [6.07, 6.45) is 5.52. The summed E-state index contributed by atoms with van der Waals surface area (Å²) in [5, 5.41) is 18.6. The van der Waals surface area contributed by atoms with E-state index in [0.29, 0.717) is 30.6 Å². The molecule has 2 aliphatic heterocycles. The summed E-state index contributed by atoms with van der Waals surface area (Å²) in [4.78, 5) is 24.9. The lowest BCUT2D eigenvalue weighted by Crippen LogP contribution is -2.42. The highest BCUT2D eigenvalue weighted by Crippen LogP contribution is 2.23. The van der Waals surface area contributed by atoms with E-state index in [2.05, 4.69) is 10.4 Å². The maximum atomic E-state index is 12.8. The van der Waals surface area contributed by atoms with Crippen LogP contribution >= 0.6 is 0 Å². The molecule has 0 aliphatic carbocycles. The predicted octanol–water partition coefficient (Wildman–Crippen LogP) is 2.40. The van der Waals surface area contributed by atoms with E-state index in [1.807, 2.05) is 15.8 Å². The maximum absolute atomic E-state index is 12.8. The zero-order valence-electron chi connectivity index (χ0n) is 16.2. The molecule has 154 valence electrons. The zero-order chi connectivity index (χ0) is 20.2. The minimum absolute atomic E-state index is 0.00798. The van der Waals surface area contributed by atoms with Crippen molar-refractivity contribution >= 4 is 11.6 Å². The van der Waals surface area contributed by atoms with Crippen molar-refractivity contribution in [1.29, 1.82) is 0 Å². The van der Waals surface area contributed by atoms with Gasteiger partial charge in [-0.05, 0) is 37.6 Å². The highest BCUT2D eigenvalue weighted by molar-refractivity contribution is 5.92. The minimum Gasteiger partial charge on any atom is -0.490 e. The van der Waals surface area contributed by atoms with Gasteiger partial charge in [0.25, 0.3) is 11.6 Å². The second kappa shape index (κ2) is 8.60. The Kier molecular flexibility index (Phi) is 5.75. The normalized spacial score (nSPS) is 20.4. The molecular formula is C20H25N5O4. The van der Waals surface area contributed by atoms with Crippen LogP contribution in [-0.4, -0.2) is 57.8 Å². The average molecular weight is 399 g/mol. The Morgan fingerprint density at radius 1 is 1.17 bits per heavy atom. The molecule has 2 saturated heterocycles. The number of nitrogens with zero attached hydrogens (tertiary/aromatic N) is 4. The molecule has 0 spiro atoms. The monoisotopic (exact) mass is 399 g/mol. The van der Waals surface area contributed by atoms with Crippen LogP contribution in [0.15, 0.2) is 36.5 Å². The van der Waals surface area contributed by atoms with Gasteiger partial charge in [0.05, 0.1) is 11.0 Å². The molecule has 1 atom stereocenters. The Hall–Kier alpha value is -2.94. The van der Waals surface area contributed by atoms with Crippen LogP contribution in [0.25, 0.3) is 0 Å². The Morgan fingerprint density at radius 2 is 1.93 bits per heavy atom. The van der Waals surface area contributed by atoms with Gasteiger partial charge in [0.1, 0.15) is 17.5 Å². The summed E-state index contributed by atoms with van der Waals surface area (Å²) in [6, 6.07) is 8.21. The third-order valence-electron chi connectivity index (χ3n) is 5.55. The van der Waals surface area contributed by atoms with Crippen molar-refractivity contribution in [3.63, 3.8) is 0 Å². The molecule has 2 fully saturated rings. The predicted molar refractivity (Wildman–Crippen MR) is 106 cm³/mol. The first-order chi connectivity index (χ1) is 14.1. The van der Waals surface area contributed by atoms with Crippen molar-refractivity contribution in [1.82, 2.24) is 20.0 Å². The first-order valence-corrected chi connectivity index (χ1v) is 10.1. The molecule has 1 N–H and O–H groups in total. The Bertz CT molecular complexity index is 852. The van der Waals surface area contributed by atoms with Crippen molar-refractivity contribution in [3.8, 4) is 5.75 Å². The van der Waals surface area contributed by atoms with Crippen LogP contribution in [0.1, 0.15) is 42.2 Å². The lowest BCUT2D eigenvalue weighted by Gasteiger charge is -2.31. The van der Waals surface area contributed by atoms with Gasteiger partial charge >= 0.3 is 0 Å². The molecule has 0 saturated carbocycles. The van der Waals surface area contributed by atoms with Crippen molar-refractivity contribution in [2.75, 3.05) is 26.2 Å². The fourth-order valence-corrected chi connectivity index (χ4v) is 3.89. The third kappa shape index (κ3) is 4.56. The van der Waals surface area contributed by atoms with E-state index >= 15 is 0 Å². The van der Waals surface area contributed by atoms with Crippen molar-refractivity contribution in [2.24, 2.45) is 0 Å². The summed E-state index contributed by atoms with van der Waals surface area (Å²) >= 11 is 0. The molecule has 3 heterocycles. The van der Waals surface area contributed by atoms with Gasteiger partial charge < -0.3 is 15.0 Å². The first-order valence-electron chi connectivity index (χ1n) is 10.1. The number of nitro benzene ring substituents is 1. The topological polar surface area (TPSA) is 103 Å². The van der Waals surface area contributed by atoms with Crippen LogP contribution in [0, 0.1) is 10.1 Å². The van der Waals surface area contributed by atoms with Crippen LogP contribution in [0.5, 0.6) is 5.75 Å². The lowest BCUT2D eigenvalue weighted by atomic mass is 10.1. The molecule has 29 heavy (non-hydrogen) atoms. The first kappa shape index (κ1) is 19.4. The maximum Gasteiger partial charge on any atom is 0.274 e. The standard InChI is InChI=1S/C20H25N5O4/c26-20(19-9-13-24(22-19)16-2-1-10-21-14-16)23-11-7-18(8-12-23)29-17-5-3-15(4-6-17)25(27)28/h3-6,9,13,16,18,21H,1-2,7-8,10-12,14H2. The molecular weight excluding hydrogens is 374 g/mol. The van der Waals surface area contributed by atoms with Crippen LogP contribution in [0.3, 0.4) is 0 Å². The summed E-state index contributed by atoms with van der Waals surface area (Å²) in [7, 11) is 0. The minimum atomic E-state index is -0.431. The number of rotatable bonds is 5. The van der Waals surface area contributed by atoms with Crippen LogP contribution in [0.2, 0.25) is 0 Å². The van der Waals surface area contributed by atoms with Crippen molar-refractivity contribution < 1.29 is 14.5 Å². The molecule has 9 heteroatoms. The summed E-state index contributed by atoms with van der Waals surface area (Å²) in [5.74, 6) is 0.571. The fourth-order valence-electron chi connectivity index (χ4n) is 3.89. The lowest BCUT2D eigenvalue weighted by molar-refractivity contribution is -0.384. The Morgan fingerprint density at radius 3 is 2.59 bits per heavy atom. The van der Waals surface area contributed by atoms with Gasteiger partial charge in [-0.15, -0.1) is 0 Å². The molecule has 0 bridgehead atoms. The van der Waals surface area contributed by atoms with Gasteiger partial charge in [-0.2, -0.15) is 5.10 Å². The second-order valence-corrected chi connectivity index (χ2v) is 7.54. The van der Waals surface area contributed by atoms with E-state index in [-0.39, 0.29) is 17.7 Å². The summed E-state index contributed by atoms with van der Waals surface area (Å²) in [6.45, 7) is 3.14. The number of carbonyl (C=O) groups is 1. The molecule has 2 aliphatic rings. The van der Waals surface area contributed by atoms with E-state index < -0.39 is 4.92 Å². The van der Waals surface area contributed by atoms with Gasteiger partial charge in [0.15, 0.2) is 0 Å². The van der Waals surface area contributed by atoms with E-state index in [9.17, 15) is 14.9 Å². The number of ether oxygens (including phenoxy) is 1. The number of nitro groups is 1. The number of likely N-dealkylation sites (tertiary alicyclic amines) is 1. The van der Waals surface area contributed by atoms with Gasteiger partial charge in [-0.1, -0.05) is 0 Å². The number of nitrogens with one attached hydrogen (secondary N) is 1. The molecule has 0 radical (unpaired) electrons. The quantitative estimate of drug-likeness (QED) is 0.612. The van der Waals surface area contributed by atoms with Crippen molar-refractivity contribution in [2.45, 2.75) is 37.8 Å². The molecule has 1 aromatic carbocycles. The zero-order valence-corrected chi connectivity index (χ0v) is 16.2. The smallest absolute Gasteiger partial charge is 0.274 e. The molecule has 1 unspecified atom stereocenters. The van der Waals surface area contributed by atoms with Crippen molar-refractivity contribution in [3.05, 3.63) is 52.3 Å². The molecule has 1 amide bonds. The van der Waals surface area contributed by atoms with Gasteiger partial charge in [-0.3, -0.25) is 19.6 Å². The Labute approximate surface area is 168 Å². The second-order valence-electron chi connectivity index (χ2n) is 7.54. The van der Waals surface area contributed by atoms with Gasteiger partial charge in [-0.25, -0.2) is 0 Å². The number of amides is 1. The van der Waals surface area contributed by atoms with E-state index in [4.69, 9.17) is 4.74 Å². The number of carbonyl (C=O) groups excluding carboxylic acids is 1. The molecule has 4 rings (SSSR count). The third-order valence-corrected chi connectivity index (χ3v) is 5.55. The fraction of sp³-hybridized carbons (Fsp3) is 0.500. The summed E-state index contributed by atoms with van der Waals surface area (Å²) in [5.41, 5.74) is 0.534. The average Bonchev–Trinajstić information content (AvgIpc) is 3.25. The van der Waals surface area contributed by atoms with E-state index in [0.717, 1.165) is 38.8 Å². The molecule has 9 nitrogen and oxygen atoms in total. The number of hydrogen-bond donors (Lipinski definition) is 1. The number of aromatic nitrogens is 2. The number of non-ortho nitro benzene ring substituents is 1. The van der Waals surface area contributed by atoms with Crippen LogP contribution in [-0.2, 0) is 0 Å². The molecule has 2 aromatic rings. The Balaban J connectivity index is 1.29. The van der Waals surface area contributed by atoms with Crippen LogP contribution in [0.4, 0.5) is 5.69 Å². The number of hydrogen-bond acceptors (Lipinski definition) is 6. The largest absolute Gasteiger partial charge is 0.490 e. The highest BCUT2D eigenvalue weighted by atomic mass is 16.6.